The number of fused-ring (bicyclic) bond motifs is 2. The van der Waals surface area contributed by atoms with Gasteiger partial charge in [-0.3, -0.25) is 0 Å². The number of hydrogen-bond donors (Lipinski definition) is 0. The maximum atomic E-state index is 8.95. The molecular weight excluding hydrogens is 532 g/mol. The van der Waals surface area contributed by atoms with Crippen LogP contribution in [0.2, 0.25) is 0 Å². The van der Waals surface area contributed by atoms with Crippen LogP contribution in [0.3, 0.4) is 0 Å². The smallest absolute Gasteiger partial charge is 0.0991 e. The highest BCUT2D eigenvalue weighted by molar-refractivity contribution is 5.89. The molecule has 2 heteroatoms. The van der Waals surface area contributed by atoms with Crippen molar-refractivity contribution >= 4 is 33.7 Å². The molecule has 206 valence electrons. The summed E-state index contributed by atoms with van der Waals surface area (Å²) in [6.45, 7) is 4.00. The fourth-order valence-electron chi connectivity index (χ4n) is 4.63. The molecule has 0 N–H and O–H groups in total. The summed E-state index contributed by atoms with van der Waals surface area (Å²) in [6, 6.07) is 44.2. The third kappa shape index (κ3) is 7.30. The molecule has 0 aromatic heterocycles. The van der Waals surface area contributed by atoms with E-state index in [1.165, 1.54) is 0 Å². The molecule has 44 heavy (non-hydrogen) atoms. The van der Waals surface area contributed by atoms with Crippen molar-refractivity contribution < 1.29 is 0 Å². The van der Waals surface area contributed by atoms with Gasteiger partial charge in [0.2, 0.25) is 0 Å². The lowest BCUT2D eigenvalue weighted by molar-refractivity contribution is 1.48. The molecule has 0 heterocycles. The fourth-order valence-corrected chi connectivity index (χ4v) is 4.63. The van der Waals surface area contributed by atoms with Crippen LogP contribution in [-0.4, -0.2) is 0 Å². The highest BCUT2D eigenvalue weighted by Gasteiger charge is 1.99. The Balaban J connectivity index is 0.00000188. The summed E-state index contributed by atoms with van der Waals surface area (Å²) in [5, 5.41) is 22.5. The van der Waals surface area contributed by atoms with Crippen molar-refractivity contribution in [2.75, 3.05) is 0 Å². The predicted octanol–water partition coefficient (Wildman–Crippen LogP) is 9.73. The van der Waals surface area contributed by atoms with Gasteiger partial charge in [0.05, 0.1) is 23.3 Å². The van der Waals surface area contributed by atoms with E-state index >= 15 is 0 Å². The van der Waals surface area contributed by atoms with E-state index in [1.54, 1.807) is 24.3 Å². The molecule has 0 radical (unpaired) electrons. The predicted molar refractivity (Wildman–Crippen MR) is 182 cm³/mol. The van der Waals surface area contributed by atoms with Crippen LogP contribution in [0.25, 0.3) is 33.7 Å². The lowest BCUT2D eigenvalue weighted by Gasteiger charge is -2.03. The lowest BCUT2D eigenvalue weighted by Crippen LogP contribution is -1.81. The third-order valence-corrected chi connectivity index (χ3v) is 6.93. The molecule has 0 bridgehead atoms. The topological polar surface area (TPSA) is 47.6 Å². The Morgan fingerprint density at radius 1 is 0.364 bits per heavy atom. The average Bonchev–Trinajstić information content (AvgIpc) is 3.10. The molecule has 2 nitrogen and oxygen atoms in total. The summed E-state index contributed by atoms with van der Waals surface area (Å²) in [5.74, 6) is 12.8. The molecule has 0 aliphatic heterocycles. The van der Waals surface area contributed by atoms with E-state index in [0.717, 1.165) is 54.9 Å². The number of hydrogen-bond acceptors (Lipinski definition) is 2. The first-order valence-corrected chi connectivity index (χ1v) is 14.5. The molecule has 6 rings (SSSR count). The van der Waals surface area contributed by atoms with Gasteiger partial charge in [0, 0.05) is 22.3 Å². The van der Waals surface area contributed by atoms with Crippen LogP contribution in [0.15, 0.2) is 121 Å². The average molecular weight is 561 g/mol. The van der Waals surface area contributed by atoms with E-state index in [2.05, 4.69) is 109 Å². The third-order valence-electron chi connectivity index (χ3n) is 6.93. The van der Waals surface area contributed by atoms with Crippen molar-refractivity contribution in [1.29, 1.82) is 10.5 Å². The molecule has 6 aromatic carbocycles. The molecule has 0 unspecified atom stereocenters. The molecule has 0 fully saturated rings. The standard InChI is InChI=1S/C40H22N2.C2H6/c41-27-35-11-3-29(4-12-35)1-7-31-15-19-39-25-33(17-21-37(39)23-31)9-10-34-18-22-38-24-32(16-20-40(38)26-34)8-2-30-5-13-36(28-42)14-6-30;1-2/h3-6,9-26H;1-2H3/b10-9+;. The molecule has 0 spiro atoms. The minimum absolute atomic E-state index is 0.633. The van der Waals surface area contributed by atoms with Crippen LogP contribution < -0.4 is 0 Å². The van der Waals surface area contributed by atoms with Gasteiger partial charge in [-0.1, -0.05) is 86.1 Å². The Kier molecular flexibility index (Phi) is 9.31. The van der Waals surface area contributed by atoms with Gasteiger partial charge >= 0.3 is 0 Å². The van der Waals surface area contributed by atoms with Crippen LogP contribution in [0.1, 0.15) is 58.4 Å². The molecule has 6 aromatic rings. The normalized spacial score (nSPS) is 10.0. The van der Waals surface area contributed by atoms with Gasteiger partial charge in [0.1, 0.15) is 0 Å². The quantitative estimate of drug-likeness (QED) is 0.156. The van der Waals surface area contributed by atoms with E-state index < -0.39 is 0 Å². The Morgan fingerprint density at radius 3 is 1.05 bits per heavy atom. The van der Waals surface area contributed by atoms with E-state index in [-0.39, 0.29) is 0 Å². The van der Waals surface area contributed by atoms with Gasteiger partial charge in [0.25, 0.3) is 0 Å². The Labute approximate surface area is 259 Å². The van der Waals surface area contributed by atoms with E-state index in [4.69, 9.17) is 10.5 Å². The first kappa shape index (κ1) is 29.2. The maximum Gasteiger partial charge on any atom is 0.0991 e. The zero-order valence-corrected chi connectivity index (χ0v) is 24.6. The van der Waals surface area contributed by atoms with Gasteiger partial charge < -0.3 is 0 Å². The van der Waals surface area contributed by atoms with Gasteiger partial charge in [-0.2, -0.15) is 10.5 Å². The van der Waals surface area contributed by atoms with Crippen molar-refractivity contribution in [1.82, 2.24) is 0 Å². The van der Waals surface area contributed by atoms with Gasteiger partial charge in [0.15, 0.2) is 0 Å². The summed E-state index contributed by atoms with van der Waals surface area (Å²) in [6.07, 6.45) is 4.27. The summed E-state index contributed by atoms with van der Waals surface area (Å²) >= 11 is 0. The molecular formula is C42H28N2. The van der Waals surface area contributed by atoms with E-state index in [9.17, 15) is 0 Å². The Bertz CT molecular complexity index is 2040. The van der Waals surface area contributed by atoms with Gasteiger partial charge in [-0.25, -0.2) is 0 Å². The molecule has 0 saturated carbocycles. The maximum absolute atomic E-state index is 8.95. The molecule has 0 atom stereocenters. The highest BCUT2D eigenvalue weighted by atomic mass is 14.2. The number of rotatable bonds is 2. The summed E-state index contributed by atoms with van der Waals surface area (Å²) < 4.78 is 0. The summed E-state index contributed by atoms with van der Waals surface area (Å²) in [5.41, 5.74) is 7.21. The van der Waals surface area contributed by atoms with Crippen LogP contribution in [-0.2, 0) is 0 Å². The largest absolute Gasteiger partial charge is 0.192 e. The minimum atomic E-state index is 0.633. The zero-order chi connectivity index (χ0) is 30.7. The molecule has 0 saturated heterocycles. The highest BCUT2D eigenvalue weighted by Crippen LogP contribution is 2.22. The first-order valence-electron chi connectivity index (χ1n) is 14.5. The van der Waals surface area contributed by atoms with Crippen molar-refractivity contribution in [3.05, 3.63) is 166 Å². The zero-order valence-electron chi connectivity index (χ0n) is 24.6. The summed E-state index contributed by atoms with van der Waals surface area (Å²) in [7, 11) is 0. The summed E-state index contributed by atoms with van der Waals surface area (Å²) in [4.78, 5) is 0. The second-order valence-corrected chi connectivity index (χ2v) is 9.85. The number of benzene rings is 6. The second kappa shape index (κ2) is 14.0. The lowest BCUT2D eigenvalue weighted by atomic mass is 10.0. The van der Waals surface area contributed by atoms with Crippen LogP contribution in [0, 0.1) is 46.3 Å². The van der Waals surface area contributed by atoms with Crippen molar-refractivity contribution in [2.24, 2.45) is 0 Å². The molecule has 0 aliphatic rings. The Hall–Kier alpha value is -6.32. The first-order chi connectivity index (χ1) is 21.6. The van der Waals surface area contributed by atoms with Gasteiger partial charge in [-0.15, -0.1) is 0 Å². The van der Waals surface area contributed by atoms with Crippen LogP contribution in [0.5, 0.6) is 0 Å². The second-order valence-electron chi connectivity index (χ2n) is 9.85. The Morgan fingerprint density at radius 2 is 0.659 bits per heavy atom. The molecule has 0 amide bonds. The van der Waals surface area contributed by atoms with Crippen molar-refractivity contribution in [3.8, 4) is 35.8 Å². The van der Waals surface area contributed by atoms with E-state index in [0.29, 0.717) is 11.1 Å². The van der Waals surface area contributed by atoms with E-state index in [1.807, 2.05) is 50.2 Å². The fraction of sp³-hybridized carbons (Fsp3) is 0.0476. The van der Waals surface area contributed by atoms with Crippen LogP contribution in [0.4, 0.5) is 0 Å². The number of nitrogens with zero attached hydrogens (tertiary/aromatic N) is 2. The monoisotopic (exact) mass is 560 g/mol. The number of nitriles is 2. The SMILES string of the molecule is CC.N#Cc1ccc(C#Cc2ccc3cc(/C=C/c4ccc5cc(C#Cc6ccc(C#N)cc6)ccc5c4)ccc3c2)cc1. The van der Waals surface area contributed by atoms with Gasteiger partial charge in [-0.05, 0) is 118 Å². The molecule has 0 aliphatic carbocycles. The minimum Gasteiger partial charge on any atom is -0.192 e. The van der Waals surface area contributed by atoms with Crippen molar-refractivity contribution in [2.45, 2.75) is 13.8 Å². The van der Waals surface area contributed by atoms with Crippen LogP contribution >= 0.6 is 0 Å². The van der Waals surface area contributed by atoms with Crippen molar-refractivity contribution in [3.63, 3.8) is 0 Å².